The Bertz CT molecular complexity index is 1210. The Labute approximate surface area is 192 Å². The Morgan fingerprint density at radius 2 is 1.81 bits per heavy atom. The summed E-state index contributed by atoms with van der Waals surface area (Å²) in [5, 5.41) is 3.52. The van der Waals surface area contributed by atoms with Crippen LogP contribution in [-0.4, -0.2) is 47.0 Å². The zero-order chi connectivity index (χ0) is 22.7. The smallest absolute Gasteiger partial charge is 0.243 e. The summed E-state index contributed by atoms with van der Waals surface area (Å²) in [7, 11) is -3.52. The SMILES string of the molecule is Cc1cc(C)cc(-n2ccnc2SCC(=O)Nc2cccc(S(=O)(=O)N3CCCC3)c2)c1. The summed E-state index contributed by atoms with van der Waals surface area (Å²) >= 11 is 1.33. The van der Waals surface area contributed by atoms with E-state index >= 15 is 0 Å². The third-order valence-electron chi connectivity index (χ3n) is 5.24. The summed E-state index contributed by atoms with van der Waals surface area (Å²) in [6, 6.07) is 12.7. The first-order valence-electron chi connectivity index (χ1n) is 10.5. The molecule has 2 heterocycles. The van der Waals surface area contributed by atoms with E-state index in [0.717, 1.165) is 34.8 Å². The predicted molar refractivity (Wildman–Crippen MR) is 127 cm³/mol. The predicted octanol–water partition coefficient (Wildman–Crippen LogP) is 4.00. The molecule has 1 N–H and O–H groups in total. The molecule has 0 atom stereocenters. The lowest BCUT2D eigenvalue weighted by Crippen LogP contribution is -2.28. The second-order valence-electron chi connectivity index (χ2n) is 7.90. The van der Waals surface area contributed by atoms with Gasteiger partial charge in [-0.25, -0.2) is 13.4 Å². The van der Waals surface area contributed by atoms with Crippen LogP contribution in [0.4, 0.5) is 5.69 Å². The van der Waals surface area contributed by atoms with Gasteiger partial charge in [0.15, 0.2) is 5.16 Å². The van der Waals surface area contributed by atoms with Crippen molar-refractivity contribution in [2.24, 2.45) is 0 Å². The molecule has 0 radical (unpaired) electrons. The number of nitrogens with zero attached hydrogens (tertiary/aromatic N) is 3. The quantitative estimate of drug-likeness (QED) is 0.528. The highest BCUT2D eigenvalue weighted by Gasteiger charge is 2.27. The standard InChI is InChI=1S/C23H26N4O3S2/c1-17-12-18(2)14-20(13-17)27-11-8-24-23(27)31-16-22(28)25-19-6-5-7-21(15-19)32(29,30)26-9-3-4-10-26/h5-8,11-15H,3-4,9-10,16H2,1-2H3,(H,25,28). The number of hydrogen-bond acceptors (Lipinski definition) is 5. The zero-order valence-electron chi connectivity index (χ0n) is 18.1. The number of aryl methyl sites for hydroxylation is 2. The third kappa shape index (κ3) is 5.06. The lowest BCUT2D eigenvalue weighted by atomic mass is 10.1. The monoisotopic (exact) mass is 470 g/mol. The molecule has 1 amide bonds. The molecule has 0 saturated carbocycles. The number of carbonyl (C=O) groups excluding carboxylic acids is 1. The van der Waals surface area contributed by atoms with Gasteiger partial charge in [0.05, 0.1) is 10.6 Å². The number of benzene rings is 2. The van der Waals surface area contributed by atoms with Crippen molar-refractivity contribution in [1.82, 2.24) is 13.9 Å². The van der Waals surface area contributed by atoms with Gasteiger partial charge in [0.2, 0.25) is 15.9 Å². The van der Waals surface area contributed by atoms with Crippen molar-refractivity contribution < 1.29 is 13.2 Å². The molecule has 2 aromatic carbocycles. The number of nitrogens with one attached hydrogen (secondary N) is 1. The van der Waals surface area contributed by atoms with E-state index in [-0.39, 0.29) is 16.6 Å². The van der Waals surface area contributed by atoms with Crippen molar-refractivity contribution >= 4 is 33.4 Å². The number of carbonyl (C=O) groups is 1. The van der Waals surface area contributed by atoms with Gasteiger partial charge in [-0.3, -0.25) is 9.36 Å². The van der Waals surface area contributed by atoms with Crippen molar-refractivity contribution in [3.8, 4) is 5.69 Å². The fraction of sp³-hybridized carbons (Fsp3) is 0.304. The van der Waals surface area contributed by atoms with E-state index < -0.39 is 10.0 Å². The van der Waals surface area contributed by atoms with E-state index in [0.29, 0.717) is 18.8 Å². The molecule has 0 spiro atoms. The molecule has 7 nitrogen and oxygen atoms in total. The minimum absolute atomic E-state index is 0.158. The number of hydrogen-bond donors (Lipinski definition) is 1. The highest BCUT2D eigenvalue weighted by molar-refractivity contribution is 7.99. The number of amides is 1. The zero-order valence-corrected chi connectivity index (χ0v) is 19.7. The molecule has 1 aliphatic rings. The highest BCUT2D eigenvalue weighted by atomic mass is 32.2. The lowest BCUT2D eigenvalue weighted by molar-refractivity contribution is -0.113. The van der Waals surface area contributed by atoms with Crippen LogP contribution in [0.2, 0.25) is 0 Å². The minimum atomic E-state index is -3.52. The van der Waals surface area contributed by atoms with Crippen LogP contribution in [0.1, 0.15) is 24.0 Å². The second kappa shape index (κ2) is 9.48. The number of aromatic nitrogens is 2. The topological polar surface area (TPSA) is 84.3 Å². The molecular weight excluding hydrogens is 444 g/mol. The summed E-state index contributed by atoms with van der Waals surface area (Å²) in [5.41, 5.74) is 3.79. The van der Waals surface area contributed by atoms with Gasteiger partial charge >= 0.3 is 0 Å². The van der Waals surface area contributed by atoms with Gasteiger partial charge in [-0.05, 0) is 68.1 Å². The van der Waals surface area contributed by atoms with Gasteiger partial charge in [0, 0.05) is 36.9 Å². The van der Waals surface area contributed by atoms with Gasteiger partial charge in [0.1, 0.15) is 0 Å². The maximum absolute atomic E-state index is 12.8. The first kappa shape index (κ1) is 22.6. The summed E-state index contributed by atoms with van der Waals surface area (Å²) < 4.78 is 29.0. The fourth-order valence-corrected chi connectivity index (χ4v) is 6.16. The van der Waals surface area contributed by atoms with E-state index in [1.165, 1.54) is 22.1 Å². The Hall–Kier alpha value is -2.62. The summed E-state index contributed by atoms with van der Waals surface area (Å²) in [4.78, 5) is 17.1. The maximum atomic E-state index is 12.8. The van der Waals surface area contributed by atoms with Crippen molar-refractivity contribution in [2.75, 3.05) is 24.2 Å². The Morgan fingerprint density at radius 1 is 1.09 bits per heavy atom. The Balaban J connectivity index is 1.42. The number of anilines is 1. The molecule has 1 aliphatic heterocycles. The van der Waals surface area contributed by atoms with Gasteiger partial charge in [-0.1, -0.05) is 23.9 Å². The van der Waals surface area contributed by atoms with Crippen molar-refractivity contribution in [3.05, 3.63) is 66.0 Å². The van der Waals surface area contributed by atoms with E-state index in [1.54, 1.807) is 24.4 Å². The Morgan fingerprint density at radius 3 is 2.53 bits per heavy atom. The number of imidazole rings is 1. The van der Waals surface area contributed by atoms with Crippen LogP contribution in [0.3, 0.4) is 0 Å². The molecule has 1 saturated heterocycles. The Kier molecular flexibility index (Phi) is 6.68. The molecule has 0 bridgehead atoms. The van der Waals surface area contributed by atoms with Crippen LogP contribution in [-0.2, 0) is 14.8 Å². The first-order chi connectivity index (χ1) is 15.3. The average molecular weight is 471 g/mol. The summed E-state index contributed by atoms with van der Waals surface area (Å²) in [5.74, 6) is -0.0639. The van der Waals surface area contributed by atoms with E-state index in [1.807, 2.05) is 24.6 Å². The van der Waals surface area contributed by atoms with Crippen molar-refractivity contribution in [1.29, 1.82) is 0 Å². The second-order valence-corrected chi connectivity index (χ2v) is 10.8. The molecule has 1 fully saturated rings. The molecular formula is C23H26N4O3S2. The molecule has 0 aliphatic carbocycles. The van der Waals surface area contributed by atoms with Crippen LogP contribution >= 0.6 is 11.8 Å². The minimum Gasteiger partial charge on any atom is -0.325 e. The average Bonchev–Trinajstić information content (AvgIpc) is 3.44. The first-order valence-corrected chi connectivity index (χ1v) is 12.9. The van der Waals surface area contributed by atoms with E-state index in [4.69, 9.17) is 0 Å². The third-order valence-corrected chi connectivity index (χ3v) is 8.11. The van der Waals surface area contributed by atoms with Crippen molar-refractivity contribution in [2.45, 2.75) is 36.7 Å². The van der Waals surface area contributed by atoms with Gasteiger partial charge in [0.25, 0.3) is 0 Å². The largest absolute Gasteiger partial charge is 0.325 e. The highest BCUT2D eigenvalue weighted by Crippen LogP contribution is 2.25. The number of thioether (sulfide) groups is 1. The molecule has 3 aromatic rings. The molecule has 32 heavy (non-hydrogen) atoms. The van der Waals surface area contributed by atoms with E-state index in [9.17, 15) is 13.2 Å². The van der Waals surface area contributed by atoms with Crippen LogP contribution in [0.15, 0.2) is 64.9 Å². The van der Waals surface area contributed by atoms with Crippen LogP contribution in [0.5, 0.6) is 0 Å². The van der Waals surface area contributed by atoms with Gasteiger partial charge in [-0.15, -0.1) is 0 Å². The molecule has 4 rings (SSSR count). The van der Waals surface area contributed by atoms with Gasteiger partial charge in [-0.2, -0.15) is 4.31 Å². The van der Waals surface area contributed by atoms with E-state index in [2.05, 4.69) is 28.5 Å². The lowest BCUT2D eigenvalue weighted by Gasteiger charge is -2.16. The van der Waals surface area contributed by atoms with Crippen molar-refractivity contribution in [3.63, 3.8) is 0 Å². The molecule has 168 valence electrons. The molecule has 9 heteroatoms. The molecule has 1 aromatic heterocycles. The number of sulfonamides is 1. The summed E-state index contributed by atoms with van der Waals surface area (Å²) in [6.45, 7) is 5.18. The van der Waals surface area contributed by atoms with Crippen LogP contribution in [0.25, 0.3) is 5.69 Å². The normalized spacial score (nSPS) is 14.6. The van der Waals surface area contributed by atoms with Crippen LogP contribution in [0, 0.1) is 13.8 Å². The molecule has 0 unspecified atom stereocenters. The fourth-order valence-electron chi connectivity index (χ4n) is 3.82. The number of rotatable bonds is 7. The van der Waals surface area contributed by atoms with Gasteiger partial charge < -0.3 is 5.32 Å². The summed E-state index contributed by atoms with van der Waals surface area (Å²) in [6.07, 6.45) is 5.35. The maximum Gasteiger partial charge on any atom is 0.243 e. The van der Waals surface area contributed by atoms with Crippen LogP contribution < -0.4 is 5.32 Å².